The summed E-state index contributed by atoms with van der Waals surface area (Å²) in [7, 11) is 0. The number of hydrogen-bond donors (Lipinski definition) is 1. The molecule has 4 nitrogen and oxygen atoms in total. The van der Waals surface area contributed by atoms with E-state index < -0.39 is 5.91 Å². The van der Waals surface area contributed by atoms with Crippen LogP contribution in [0.5, 0.6) is 5.75 Å². The molecule has 2 aromatic carbocycles. The van der Waals surface area contributed by atoms with Crippen molar-refractivity contribution in [3.05, 3.63) is 81.9 Å². The maximum absolute atomic E-state index is 12.2. The van der Waals surface area contributed by atoms with Crippen LogP contribution in [0, 0.1) is 11.3 Å². The highest BCUT2D eigenvalue weighted by Crippen LogP contribution is 2.34. The fourth-order valence-corrected chi connectivity index (χ4v) is 2.74. The maximum atomic E-state index is 12.2. The molecule has 0 bridgehead atoms. The van der Waals surface area contributed by atoms with E-state index in [9.17, 15) is 10.1 Å². The van der Waals surface area contributed by atoms with Crippen molar-refractivity contribution >= 4 is 35.2 Å². The Balaban J connectivity index is 2.16. The standard InChI is InChI=1S/C20H16Cl2N2O2/c1-2-8-26-19-17(21)10-15(11-18(19)22)9-16(12-23)20(25)24-13-14-6-4-3-5-7-14/h2-7,9-11H,1,8,13H2,(H,24,25)/b16-9-. The first-order valence-electron chi connectivity index (χ1n) is 7.71. The Bertz CT molecular complexity index is 848. The number of carbonyl (C=O) groups is 1. The molecule has 6 heteroatoms. The summed E-state index contributed by atoms with van der Waals surface area (Å²) in [5.41, 5.74) is 1.41. The van der Waals surface area contributed by atoms with Gasteiger partial charge in [0.25, 0.3) is 5.91 Å². The van der Waals surface area contributed by atoms with Gasteiger partial charge in [0.05, 0.1) is 10.0 Å². The molecular weight excluding hydrogens is 371 g/mol. The Morgan fingerprint density at radius 1 is 1.23 bits per heavy atom. The first-order chi connectivity index (χ1) is 12.5. The third-order valence-electron chi connectivity index (χ3n) is 3.34. The first kappa shape index (κ1) is 19.6. The topological polar surface area (TPSA) is 62.1 Å². The minimum Gasteiger partial charge on any atom is -0.486 e. The molecule has 0 saturated carbocycles. The van der Waals surface area contributed by atoms with Crippen molar-refractivity contribution in [3.63, 3.8) is 0 Å². The molecule has 0 aliphatic heterocycles. The van der Waals surface area contributed by atoms with Crippen molar-refractivity contribution in [2.45, 2.75) is 6.54 Å². The summed E-state index contributed by atoms with van der Waals surface area (Å²) in [5, 5.41) is 12.6. The summed E-state index contributed by atoms with van der Waals surface area (Å²) in [6, 6.07) is 14.5. The van der Waals surface area contributed by atoms with Crippen LogP contribution in [0.25, 0.3) is 6.08 Å². The number of nitrogens with one attached hydrogen (secondary N) is 1. The van der Waals surface area contributed by atoms with Crippen LogP contribution in [0.2, 0.25) is 10.0 Å². The van der Waals surface area contributed by atoms with Crippen LogP contribution < -0.4 is 10.1 Å². The zero-order chi connectivity index (χ0) is 18.9. The number of benzene rings is 2. The van der Waals surface area contributed by atoms with Gasteiger partial charge in [0, 0.05) is 6.54 Å². The molecule has 0 spiro atoms. The summed E-state index contributed by atoms with van der Waals surface area (Å²) in [6.07, 6.45) is 3.00. The number of carbonyl (C=O) groups excluding carboxylic acids is 1. The predicted molar refractivity (Wildman–Crippen MR) is 104 cm³/mol. The highest BCUT2D eigenvalue weighted by atomic mass is 35.5. The molecule has 0 aliphatic carbocycles. The van der Waals surface area contributed by atoms with Crippen LogP contribution in [0.3, 0.4) is 0 Å². The van der Waals surface area contributed by atoms with Gasteiger partial charge in [-0.2, -0.15) is 5.26 Å². The third kappa shape index (κ3) is 5.38. The van der Waals surface area contributed by atoms with E-state index in [1.165, 1.54) is 6.08 Å². The Labute approximate surface area is 162 Å². The van der Waals surface area contributed by atoms with Gasteiger partial charge in [-0.25, -0.2) is 0 Å². The molecule has 0 saturated heterocycles. The molecule has 0 atom stereocenters. The van der Waals surface area contributed by atoms with E-state index in [2.05, 4.69) is 11.9 Å². The smallest absolute Gasteiger partial charge is 0.262 e. The van der Waals surface area contributed by atoms with Crippen molar-refractivity contribution in [1.82, 2.24) is 5.32 Å². The van der Waals surface area contributed by atoms with Gasteiger partial charge in [-0.05, 0) is 29.3 Å². The Morgan fingerprint density at radius 3 is 2.46 bits per heavy atom. The van der Waals surface area contributed by atoms with Gasteiger partial charge in [0.15, 0.2) is 5.75 Å². The van der Waals surface area contributed by atoms with Crippen LogP contribution in [-0.4, -0.2) is 12.5 Å². The van der Waals surface area contributed by atoms with Crippen molar-refractivity contribution in [2.24, 2.45) is 0 Å². The van der Waals surface area contributed by atoms with Gasteiger partial charge >= 0.3 is 0 Å². The molecule has 2 aromatic rings. The fraction of sp³-hybridized carbons (Fsp3) is 0.100. The normalized spacial score (nSPS) is 10.7. The van der Waals surface area contributed by atoms with Gasteiger partial charge in [-0.15, -0.1) is 0 Å². The van der Waals surface area contributed by atoms with Crippen molar-refractivity contribution in [2.75, 3.05) is 6.61 Å². The lowest BCUT2D eigenvalue weighted by Crippen LogP contribution is -2.23. The fourth-order valence-electron chi connectivity index (χ4n) is 2.13. The van der Waals surface area contributed by atoms with E-state index in [0.717, 1.165) is 5.56 Å². The van der Waals surface area contributed by atoms with Gasteiger partial charge in [0.1, 0.15) is 18.2 Å². The van der Waals surface area contributed by atoms with Crippen LogP contribution in [0.4, 0.5) is 0 Å². The second kappa shape index (κ2) is 9.67. The van der Waals surface area contributed by atoms with Crippen LogP contribution >= 0.6 is 23.2 Å². The summed E-state index contributed by atoms with van der Waals surface area (Å²) in [6.45, 7) is 4.15. The van der Waals surface area contributed by atoms with E-state index in [1.807, 2.05) is 36.4 Å². The number of amides is 1. The molecule has 0 fully saturated rings. The number of nitriles is 1. The average Bonchev–Trinajstić information content (AvgIpc) is 2.64. The SMILES string of the molecule is C=CCOc1c(Cl)cc(/C=C(/C#N)C(=O)NCc2ccccc2)cc1Cl. The van der Waals surface area contributed by atoms with Crippen LogP contribution in [0.15, 0.2) is 60.7 Å². The number of halogens is 2. The minimum atomic E-state index is -0.476. The minimum absolute atomic E-state index is 0.0483. The Kier molecular flexibility index (Phi) is 7.28. The number of hydrogen-bond acceptors (Lipinski definition) is 3. The van der Waals surface area contributed by atoms with Gasteiger partial charge in [0.2, 0.25) is 0 Å². The van der Waals surface area contributed by atoms with Crippen molar-refractivity contribution in [1.29, 1.82) is 5.26 Å². The second-order valence-corrected chi connectivity index (χ2v) is 6.07. The van der Waals surface area contributed by atoms with Crippen LogP contribution in [0.1, 0.15) is 11.1 Å². The van der Waals surface area contributed by atoms with Gasteiger partial charge < -0.3 is 10.1 Å². The molecular formula is C20H16Cl2N2O2. The van der Waals surface area contributed by atoms with Gasteiger partial charge in [-0.3, -0.25) is 4.79 Å². The van der Waals surface area contributed by atoms with E-state index in [0.29, 0.717) is 17.9 Å². The van der Waals surface area contributed by atoms with Crippen LogP contribution in [-0.2, 0) is 11.3 Å². The molecule has 0 unspecified atom stereocenters. The van der Waals surface area contributed by atoms with Crippen molar-refractivity contribution < 1.29 is 9.53 Å². The van der Waals surface area contributed by atoms with Gasteiger partial charge in [-0.1, -0.05) is 66.2 Å². The highest BCUT2D eigenvalue weighted by molar-refractivity contribution is 6.37. The summed E-state index contributed by atoms with van der Waals surface area (Å²) in [4.78, 5) is 12.2. The lowest BCUT2D eigenvalue weighted by Gasteiger charge is -2.09. The number of rotatable bonds is 7. The molecule has 0 aromatic heterocycles. The van der Waals surface area contributed by atoms with E-state index in [-0.39, 0.29) is 22.2 Å². The van der Waals surface area contributed by atoms with E-state index >= 15 is 0 Å². The largest absolute Gasteiger partial charge is 0.486 e. The molecule has 26 heavy (non-hydrogen) atoms. The van der Waals surface area contributed by atoms with E-state index in [1.54, 1.807) is 18.2 Å². The Hall–Kier alpha value is -2.74. The maximum Gasteiger partial charge on any atom is 0.262 e. The zero-order valence-corrected chi connectivity index (χ0v) is 15.3. The molecule has 1 N–H and O–H groups in total. The molecule has 132 valence electrons. The molecule has 0 aliphatic rings. The predicted octanol–water partition coefficient (Wildman–Crippen LogP) is 4.78. The second-order valence-electron chi connectivity index (χ2n) is 5.25. The molecule has 0 radical (unpaired) electrons. The quantitative estimate of drug-likeness (QED) is 0.423. The summed E-state index contributed by atoms with van der Waals surface area (Å²) in [5.74, 6) is -0.145. The zero-order valence-electron chi connectivity index (χ0n) is 13.8. The third-order valence-corrected chi connectivity index (χ3v) is 3.90. The molecule has 0 heterocycles. The van der Waals surface area contributed by atoms with E-state index in [4.69, 9.17) is 27.9 Å². The summed E-state index contributed by atoms with van der Waals surface area (Å²) < 4.78 is 5.39. The molecule has 1 amide bonds. The lowest BCUT2D eigenvalue weighted by molar-refractivity contribution is -0.117. The molecule has 2 rings (SSSR count). The number of ether oxygens (including phenoxy) is 1. The Morgan fingerprint density at radius 2 is 1.88 bits per heavy atom. The van der Waals surface area contributed by atoms with Crippen molar-refractivity contribution in [3.8, 4) is 11.8 Å². The lowest BCUT2D eigenvalue weighted by atomic mass is 10.1. The number of nitrogens with zero attached hydrogens (tertiary/aromatic N) is 1. The monoisotopic (exact) mass is 386 g/mol. The average molecular weight is 387 g/mol. The summed E-state index contributed by atoms with van der Waals surface area (Å²) >= 11 is 12.3. The first-order valence-corrected chi connectivity index (χ1v) is 8.47. The highest BCUT2D eigenvalue weighted by Gasteiger charge is 2.12.